The van der Waals surface area contributed by atoms with Gasteiger partial charge in [0.1, 0.15) is 12.9 Å². The Balaban J connectivity index is 1.73. The molecule has 0 saturated carbocycles. The third kappa shape index (κ3) is 3.12. The summed E-state index contributed by atoms with van der Waals surface area (Å²) in [5, 5.41) is 15.8. The molecule has 7 nitrogen and oxygen atoms in total. The number of anilines is 1. The van der Waals surface area contributed by atoms with Gasteiger partial charge >= 0.3 is 5.97 Å². The Kier molecular flexibility index (Phi) is 4.71. The van der Waals surface area contributed by atoms with Gasteiger partial charge in [0, 0.05) is 24.2 Å². The van der Waals surface area contributed by atoms with Gasteiger partial charge in [-0.25, -0.2) is 14.3 Å². The zero-order chi connectivity index (χ0) is 20.5. The molecule has 3 heterocycles. The second-order valence-electron chi connectivity index (χ2n) is 7.50. The maximum absolute atomic E-state index is 12.2. The van der Waals surface area contributed by atoms with Crippen LogP contribution in [0.15, 0.2) is 54.9 Å². The van der Waals surface area contributed by atoms with E-state index in [2.05, 4.69) is 21.0 Å². The monoisotopic (exact) mass is 402 g/mol. The highest BCUT2D eigenvalue weighted by atomic mass is 16.5. The highest BCUT2D eigenvalue weighted by molar-refractivity contribution is 6.10. The van der Waals surface area contributed by atoms with Crippen LogP contribution < -0.4 is 9.64 Å². The van der Waals surface area contributed by atoms with Gasteiger partial charge in [-0.1, -0.05) is 42.5 Å². The van der Waals surface area contributed by atoms with Crippen molar-refractivity contribution in [1.82, 2.24) is 14.6 Å². The molecule has 0 radical (unpaired) electrons. The fourth-order valence-electron chi connectivity index (χ4n) is 4.23. The lowest BCUT2D eigenvalue weighted by Crippen LogP contribution is -2.29. The summed E-state index contributed by atoms with van der Waals surface area (Å²) in [5.74, 6) is -0.781. The molecule has 30 heavy (non-hydrogen) atoms. The molecule has 4 aromatic rings. The summed E-state index contributed by atoms with van der Waals surface area (Å²) in [6.45, 7) is 2.21. The van der Waals surface area contributed by atoms with Crippen molar-refractivity contribution < 1.29 is 14.6 Å². The molecule has 1 aliphatic rings. The van der Waals surface area contributed by atoms with Gasteiger partial charge < -0.3 is 14.7 Å². The summed E-state index contributed by atoms with van der Waals surface area (Å²) >= 11 is 0. The number of carboxylic acids is 1. The summed E-state index contributed by atoms with van der Waals surface area (Å²) in [6.07, 6.45) is 4.92. The van der Waals surface area contributed by atoms with E-state index in [-0.39, 0.29) is 12.3 Å². The topological polar surface area (TPSA) is 80.0 Å². The fraction of sp³-hybridized carbons (Fsp3) is 0.261. The Labute approximate surface area is 173 Å². The minimum absolute atomic E-state index is 0.0123. The Morgan fingerprint density at radius 1 is 1.03 bits per heavy atom. The fourth-order valence-corrected chi connectivity index (χ4v) is 4.23. The van der Waals surface area contributed by atoms with Crippen LogP contribution in [0, 0.1) is 0 Å². The van der Waals surface area contributed by atoms with Crippen molar-refractivity contribution in [3.8, 4) is 5.75 Å². The van der Waals surface area contributed by atoms with Gasteiger partial charge in [0.25, 0.3) is 0 Å². The lowest BCUT2D eigenvalue weighted by atomic mass is 10.0. The van der Waals surface area contributed by atoms with Crippen LogP contribution >= 0.6 is 0 Å². The van der Waals surface area contributed by atoms with Gasteiger partial charge in [-0.15, -0.1) is 0 Å². The average Bonchev–Trinajstić information content (AvgIpc) is 3.27. The van der Waals surface area contributed by atoms with Crippen molar-refractivity contribution >= 4 is 28.1 Å². The maximum Gasteiger partial charge on any atom is 0.358 e. The Morgan fingerprint density at radius 3 is 2.60 bits per heavy atom. The van der Waals surface area contributed by atoms with E-state index in [9.17, 15) is 9.90 Å². The van der Waals surface area contributed by atoms with Gasteiger partial charge in [0.2, 0.25) is 0 Å². The number of carboxylic acid groups (broad SMARTS) is 1. The first kappa shape index (κ1) is 18.4. The number of rotatable bonds is 5. The predicted octanol–water partition coefficient (Wildman–Crippen LogP) is 4.15. The molecule has 5 rings (SSSR count). The molecule has 1 saturated heterocycles. The zero-order valence-corrected chi connectivity index (χ0v) is 16.5. The second kappa shape index (κ2) is 7.67. The Morgan fingerprint density at radius 2 is 1.83 bits per heavy atom. The van der Waals surface area contributed by atoms with Crippen molar-refractivity contribution in [3.05, 3.63) is 66.1 Å². The van der Waals surface area contributed by atoms with Crippen molar-refractivity contribution in [2.24, 2.45) is 0 Å². The molecular weight excluding hydrogens is 380 g/mol. The van der Waals surface area contributed by atoms with Crippen LogP contribution in [0.2, 0.25) is 0 Å². The zero-order valence-electron chi connectivity index (χ0n) is 16.5. The van der Waals surface area contributed by atoms with Crippen molar-refractivity contribution in [3.63, 3.8) is 0 Å². The average molecular weight is 402 g/mol. The minimum Gasteiger partial charge on any atom is -0.486 e. The third-order valence-electron chi connectivity index (χ3n) is 5.61. The summed E-state index contributed by atoms with van der Waals surface area (Å²) in [4.78, 5) is 19.0. The molecule has 2 aromatic heterocycles. The maximum atomic E-state index is 12.2. The molecular formula is C23H22N4O3. The van der Waals surface area contributed by atoms with E-state index in [4.69, 9.17) is 4.74 Å². The van der Waals surface area contributed by atoms with Crippen LogP contribution in [0.4, 0.5) is 5.69 Å². The molecule has 0 spiro atoms. The van der Waals surface area contributed by atoms with Crippen molar-refractivity contribution in [2.75, 3.05) is 18.0 Å². The number of aromatic carboxylic acids is 1. The molecule has 7 heteroatoms. The molecule has 0 bridgehead atoms. The summed E-state index contributed by atoms with van der Waals surface area (Å²) in [6, 6.07) is 15.7. The van der Waals surface area contributed by atoms with Gasteiger partial charge in [-0.2, -0.15) is 5.10 Å². The van der Waals surface area contributed by atoms with E-state index in [1.807, 2.05) is 42.5 Å². The van der Waals surface area contributed by atoms with Gasteiger partial charge in [-0.3, -0.25) is 0 Å². The van der Waals surface area contributed by atoms with Crippen LogP contribution in [0.25, 0.3) is 16.4 Å². The van der Waals surface area contributed by atoms with Crippen LogP contribution in [-0.2, 0) is 6.61 Å². The van der Waals surface area contributed by atoms with E-state index in [1.165, 1.54) is 17.3 Å². The first-order valence-corrected chi connectivity index (χ1v) is 10.2. The standard InChI is InChI=1S/C23H22N4O3/c28-23(29)20-21(30-14-16-8-3-1-4-9-16)17-10-7-11-18(26-12-5-2-6-13-26)19(17)22-24-15-25-27(20)22/h1,3-4,7-11,15H,2,5-6,12-14H2,(H,28,29). The number of piperidine rings is 1. The van der Waals surface area contributed by atoms with Crippen LogP contribution in [0.3, 0.4) is 0 Å². The molecule has 0 atom stereocenters. The highest BCUT2D eigenvalue weighted by Gasteiger charge is 2.26. The molecule has 0 unspecified atom stereocenters. The Hall–Kier alpha value is -3.61. The number of benzene rings is 2. The molecule has 0 amide bonds. The van der Waals surface area contributed by atoms with E-state index < -0.39 is 5.97 Å². The van der Waals surface area contributed by atoms with Crippen molar-refractivity contribution in [1.29, 1.82) is 0 Å². The number of fused-ring (bicyclic) bond motifs is 3. The number of hydrogen-bond donors (Lipinski definition) is 1. The first-order valence-electron chi connectivity index (χ1n) is 10.2. The van der Waals surface area contributed by atoms with Crippen LogP contribution in [0.1, 0.15) is 35.3 Å². The molecule has 1 fully saturated rings. The normalized spacial score (nSPS) is 14.3. The summed E-state index contributed by atoms with van der Waals surface area (Å²) in [5.41, 5.74) is 2.54. The summed E-state index contributed by atoms with van der Waals surface area (Å²) in [7, 11) is 0. The number of pyridine rings is 1. The van der Waals surface area contributed by atoms with E-state index in [1.54, 1.807) is 0 Å². The smallest absolute Gasteiger partial charge is 0.358 e. The van der Waals surface area contributed by atoms with Gasteiger partial charge in [-0.05, 0) is 30.9 Å². The first-order chi connectivity index (χ1) is 14.7. The molecule has 0 aliphatic carbocycles. The van der Waals surface area contributed by atoms with E-state index >= 15 is 0 Å². The van der Waals surface area contributed by atoms with E-state index in [0.717, 1.165) is 48.0 Å². The summed E-state index contributed by atoms with van der Waals surface area (Å²) < 4.78 is 7.52. The number of nitrogens with zero attached hydrogens (tertiary/aromatic N) is 4. The molecule has 2 aromatic carbocycles. The largest absolute Gasteiger partial charge is 0.486 e. The SMILES string of the molecule is O=C(O)c1c(OCc2ccccc2)c2cccc(N3CCCCC3)c2c2ncnn12. The lowest BCUT2D eigenvalue weighted by Gasteiger charge is -2.30. The Bertz CT molecular complexity index is 1210. The number of aromatic nitrogens is 3. The lowest BCUT2D eigenvalue weighted by molar-refractivity contribution is 0.0682. The van der Waals surface area contributed by atoms with Crippen molar-refractivity contribution in [2.45, 2.75) is 25.9 Å². The highest BCUT2D eigenvalue weighted by Crippen LogP contribution is 2.39. The van der Waals surface area contributed by atoms with Gasteiger partial charge in [0.05, 0.1) is 5.39 Å². The number of carbonyl (C=O) groups is 1. The predicted molar refractivity (Wildman–Crippen MR) is 114 cm³/mol. The van der Waals surface area contributed by atoms with Crippen LogP contribution in [0.5, 0.6) is 5.75 Å². The number of ether oxygens (including phenoxy) is 1. The minimum atomic E-state index is -1.10. The van der Waals surface area contributed by atoms with Gasteiger partial charge in [0.15, 0.2) is 17.1 Å². The van der Waals surface area contributed by atoms with E-state index in [0.29, 0.717) is 11.4 Å². The molecule has 1 N–H and O–H groups in total. The second-order valence-corrected chi connectivity index (χ2v) is 7.50. The quantitative estimate of drug-likeness (QED) is 0.540. The van der Waals surface area contributed by atoms with Crippen LogP contribution in [-0.4, -0.2) is 38.8 Å². The number of hydrogen-bond acceptors (Lipinski definition) is 5. The third-order valence-corrected chi connectivity index (χ3v) is 5.61. The molecule has 152 valence electrons. The molecule has 1 aliphatic heterocycles.